The van der Waals surface area contributed by atoms with E-state index in [0.29, 0.717) is 24.7 Å². The molecule has 0 aliphatic carbocycles. The Morgan fingerprint density at radius 3 is 2.58 bits per heavy atom. The number of para-hydroxylation sites is 2. The molecule has 0 radical (unpaired) electrons. The van der Waals surface area contributed by atoms with E-state index >= 15 is 0 Å². The Kier molecular flexibility index (Phi) is 5.78. The van der Waals surface area contributed by atoms with E-state index in [1.807, 2.05) is 49.4 Å². The highest BCUT2D eigenvalue weighted by Crippen LogP contribution is 2.34. The number of hydrogen-bond donors (Lipinski definition) is 1. The van der Waals surface area contributed by atoms with Crippen molar-refractivity contribution < 1.29 is 14.3 Å². The molecule has 1 heterocycles. The van der Waals surface area contributed by atoms with Crippen molar-refractivity contribution in [2.45, 2.75) is 18.8 Å². The first kappa shape index (κ1) is 18.3. The molecule has 3 rings (SSSR count). The number of ether oxygens (including phenoxy) is 2. The lowest BCUT2D eigenvalue weighted by Crippen LogP contribution is -2.36. The number of likely N-dealkylation sites (N-methyl/N-ethyl adjacent to an activating group) is 1. The van der Waals surface area contributed by atoms with Crippen molar-refractivity contribution in [2.24, 2.45) is 0 Å². The fraction of sp³-hybridized carbons (Fsp3) is 0.381. The maximum Gasteiger partial charge on any atom is 0.411 e. The van der Waals surface area contributed by atoms with Crippen LogP contribution in [0.1, 0.15) is 18.9 Å². The summed E-state index contributed by atoms with van der Waals surface area (Å²) in [5, 5.41) is 2.80. The summed E-state index contributed by atoms with van der Waals surface area (Å²) >= 11 is 0. The highest BCUT2D eigenvalue weighted by molar-refractivity contribution is 5.86. The second-order valence-corrected chi connectivity index (χ2v) is 6.76. The lowest BCUT2D eigenvalue weighted by Gasteiger charge is -2.29. The van der Waals surface area contributed by atoms with Gasteiger partial charge < -0.3 is 14.4 Å². The van der Waals surface area contributed by atoms with E-state index in [1.54, 1.807) is 0 Å². The fourth-order valence-corrected chi connectivity index (χ4v) is 3.51. The van der Waals surface area contributed by atoms with Crippen LogP contribution in [0, 0.1) is 0 Å². The predicted molar refractivity (Wildman–Crippen MR) is 103 cm³/mol. The van der Waals surface area contributed by atoms with Gasteiger partial charge in [0.05, 0.1) is 12.3 Å². The third kappa shape index (κ3) is 4.17. The van der Waals surface area contributed by atoms with Gasteiger partial charge in [-0.1, -0.05) is 42.5 Å². The number of nitrogens with zero attached hydrogens (tertiary/aromatic N) is 1. The molecule has 1 N–H and O–H groups in total. The van der Waals surface area contributed by atoms with Gasteiger partial charge in [-0.25, -0.2) is 4.79 Å². The minimum absolute atomic E-state index is 0.160. The van der Waals surface area contributed by atoms with Crippen LogP contribution in [0.4, 0.5) is 10.5 Å². The van der Waals surface area contributed by atoms with Gasteiger partial charge in [-0.15, -0.1) is 0 Å². The summed E-state index contributed by atoms with van der Waals surface area (Å²) < 4.78 is 11.2. The molecule has 26 heavy (non-hydrogen) atoms. The summed E-state index contributed by atoms with van der Waals surface area (Å²) in [6.45, 7) is 4.67. The Bertz CT molecular complexity index is 735. The number of benzene rings is 2. The number of carbonyl (C=O) groups excluding carboxylic acids is 1. The van der Waals surface area contributed by atoms with Crippen LogP contribution in [0.15, 0.2) is 54.6 Å². The normalized spacial score (nSPS) is 19.9. The molecule has 1 unspecified atom stereocenters. The summed E-state index contributed by atoms with van der Waals surface area (Å²) in [5.74, 6) is 0.644. The van der Waals surface area contributed by atoms with Gasteiger partial charge in [-0.3, -0.25) is 5.32 Å². The predicted octanol–water partition coefficient (Wildman–Crippen LogP) is 3.91. The number of amides is 1. The van der Waals surface area contributed by atoms with Crippen LogP contribution in [0.2, 0.25) is 0 Å². The van der Waals surface area contributed by atoms with Gasteiger partial charge in [0.15, 0.2) is 0 Å². The quantitative estimate of drug-likeness (QED) is 0.855. The zero-order chi connectivity index (χ0) is 18.4. The van der Waals surface area contributed by atoms with Crippen molar-refractivity contribution in [2.75, 3.05) is 38.7 Å². The molecule has 1 aliphatic rings. The molecule has 0 spiro atoms. The van der Waals surface area contributed by atoms with Gasteiger partial charge in [0.2, 0.25) is 0 Å². The monoisotopic (exact) mass is 354 g/mol. The van der Waals surface area contributed by atoms with Gasteiger partial charge in [-0.05, 0) is 44.6 Å². The molecule has 1 atom stereocenters. The molecule has 0 bridgehead atoms. The van der Waals surface area contributed by atoms with E-state index in [1.165, 1.54) is 5.56 Å². The average molecular weight is 354 g/mol. The van der Waals surface area contributed by atoms with Crippen LogP contribution in [0.3, 0.4) is 0 Å². The van der Waals surface area contributed by atoms with Gasteiger partial charge >= 0.3 is 6.09 Å². The summed E-state index contributed by atoms with van der Waals surface area (Å²) in [7, 11) is 2.10. The SMILES string of the molecule is CCOc1ccccc1NC(=O)OCC1(c2ccccc2)CCN(C)C1. The minimum atomic E-state index is -0.456. The maximum absolute atomic E-state index is 12.4. The highest BCUT2D eigenvalue weighted by atomic mass is 16.5. The van der Waals surface area contributed by atoms with Crippen LogP contribution in [0.25, 0.3) is 0 Å². The largest absolute Gasteiger partial charge is 0.492 e. The average Bonchev–Trinajstić information content (AvgIpc) is 3.05. The maximum atomic E-state index is 12.4. The standard InChI is InChI=1S/C21H26N2O3/c1-3-25-19-12-8-7-11-18(19)22-20(24)26-16-21(13-14-23(2)15-21)17-9-5-4-6-10-17/h4-12H,3,13-16H2,1-2H3,(H,22,24). The van der Waals surface area contributed by atoms with Crippen LogP contribution in [-0.4, -0.2) is 44.3 Å². The summed E-state index contributed by atoms with van der Waals surface area (Å²) in [6, 6.07) is 17.7. The molecule has 0 saturated carbocycles. The molecule has 1 amide bonds. The van der Waals surface area contributed by atoms with Gasteiger partial charge in [0.1, 0.15) is 12.4 Å². The van der Waals surface area contributed by atoms with Crippen molar-refractivity contribution in [1.29, 1.82) is 0 Å². The number of likely N-dealkylation sites (tertiary alicyclic amines) is 1. The van der Waals surface area contributed by atoms with E-state index in [2.05, 4.69) is 29.4 Å². The van der Waals surface area contributed by atoms with Gasteiger partial charge in [0.25, 0.3) is 0 Å². The van der Waals surface area contributed by atoms with Gasteiger partial charge in [0, 0.05) is 12.0 Å². The Hall–Kier alpha value is -2.53. The smallest absolute Gasteiger partial charge is 0.411 e. The zero-order valence-corrected chi connectivity index (χ0v) is 15.4. The first-order valence-corrected chi connectivity index (χ1v) is 9.03. The van der Waals surface area contributed by atoms with Crippen molar-refractivity contribution in [3.05, 3.63) is 60.2 Å². The third-order valence-electron chi connectivity index (χ3n) is 4.83. The van der Waals surface area contributed by atoms with Crippen molar-refractivity contribution in [3.8, 4) is 5.75 Å². The molecular formula is C21H26N2O3. The minimum Gasteiger partial charge on any atom is -0.492 e. The molecular weight excluding hydrogens is 328 g/mol. The lowest BCUT2D eigenvalue weighted by atomic mass is 9.80. The summed E-state index contributed by atoms with van der Waals surface area (Å²) in [6.07, 6.45) is 0.512. The van der Waals surface area contributed by atoms with Crippen molar-refractivity contribution in [3.63, 3.8) is 0 Å². The zero-order valence-electron chi connectivity index (χ0n) is 15.4. The number of nitrogens with one attached hydrogen (secondary N) is 1. The lowest BCUT2D eigenvalue weighted by molar-refractivity contribution is 0.129. The number of anilines is 1. The Morgan fingerprint density at radius 1 is 1.15 bits per heavy atom. The van der Waals surface area contributed by atoms with Crippen molar-refractivity contribution >= 4 is 11.8 Å². The molecule has 0 aromatic heterocycles. The van der Waals surface area contributed by atoms with Crippen LogP contribution in [0.5, 0.6) is 5.75 Å². The molecule has 2 aromatic rings. The fourth-order valence-electron chi connectivity index (χ4n) is 3.51. The molecule has 5 heteroatoms. The number of rotatable bonds is 6. The molecule has 1 saturated heterocycles. The number of carbonyl (C=O) groups is 1. The van der Waals surface area contributed by atoms with E-state index in [4.69, 9.17) is 9.47 Å². The van der Waals surface area contributed by atoms with Crippen molar-refractivity contribution in [1.82, 2.24) is 4.90 Å². The molecule has 138 valence electrons. The van der Waals surface area contributed by atoms with E-state index in [9.17, 15) is 4.79 Å². The molecule has 5 nitrogen and oxygen atoms in total. The summed E-state index contributed by atoms with van der Waals surface area (Å²) in [5.41, 5.74) is 1.68. The van der Waals surface area contributed by atoms with Crippen LogP contribution < -0.4 is 10.1 Å². The molecule has 1 aliphatic heterocycles. The number of hydrogen-bond acceptors (Lipinski definition) is 4. The Balaban J connectivity index is 1.67. The van der Waals surface area contributed by atoms with Gasteiger partial charge in [-0.2, -0.15) is 0 Å². The molecule has 1 fully saturated rings. The highest BCUT2D eigenvalue weighted by Gasteiger charge is 2.39. The second kappa shape index (κ2) is 8.23. The molecule has 2 aromatic carbocycles. The Labute approximate surface area is 154 Å². The summed E-state index contributed by atoms with van der Waals surface area (Å²) in [4.78, 5) is 14.7. The Morgan fingerprint density at radius 2 is 1.88 bits per heavy atom. The van der Waals surface area contributed by atoms with Crippen LogP contribution in [-0.2, 0) is 10.2 Å². The van der Waals surface area contributed by atoms with Crippen LogP contribution >= 0.6 is 0 Å². The first-order valence-electron chi connectivity index (χ1n) is 9.03. The van der Waals surface area contributed by atoms with E-state index < -0.39 is 6.09 Å². The van der Waals surface area contributed by atoms with E-state index in [-0.39, 0.29) is 5.41 Å². The third-order valence-corrected chi connectivity index (χ3v) is 4.83. The first-order chi connectivity index (χ1) is 12.6. The topological polar surface area (TPSA) is 50.8 Å². The second-order valence-electron chi connectivity index (χ2n) is 6.76. The van der Waals surface area contributed by atoms with E-state index in [0.717, 1.165) is 19.5 Å².